The van der Waals surface area contributed by atoms with Crippen LogP contribution in [0.1, 0.15) is 88.2 Å². The number of carbonyl (C=O) groups is 3. The van der Waals surface area contributed by atoms with Crippen molar-refractivity contribution in [3.05, 3.63) is 96.9 Å². The highest BCUT2D eigenvalue weighted by Crippen LogP contribution is 2.51. The third-order valence-electron chi connectivity index (χ3n) is 10.3. The third kappa shape index (κ3) is 10.9. The molecule has 1 aliphatic heterocycles. The van der Waals surface area contributed by atoms with Crippen molar-refractivity contribution in [3.63, 3.8) is 0 Å². The van der Waals surface area contributed by atoms with E-state index in [1.54, 1.807) is 38.1 Å². The Bertz CT molecular complexity index is 2520. The summed E-state index contributed by atoms with van der Waals surface area (Å²) in [6.07, 6.45) is 8.12. The summed E-state index contributed by atoms with van der Waals surface area (Å²) in [5.41, 5.74) is 15.2. The zero-order valence-corrected chi connectivity index (χ0v) is 34.9. The third-order valence-corrected chi connectivity index (χ3v) is 11.9. The van der Waals surface area contributed by atoms with Crippen molar-refractivity contribution in [1.29, 1.82) is 5.41 Å². The maximum atomic E-state index is 14.5. The van der Waals surface area contributed by atoms with Crippen LogP contribution >= 0.6 is 7.75 Å². The molecule has 326 valence electrons. The lowest BCUT2D eigenvalue weighted by Gasteiger charge is -2.28. The predicted octanol–water partition coefficient (Wildman–Crippen LogP) is 3.97. The van der Waals surface area contributed by atoms with Crippen LogP contribution in [0.4, 0.5) is 17.1 Å². The molecule has 2 aliphatic rings. The standard InChI is InChI=1S/C37H49N14O9P/c1-21-16-51(37(56)44-33(21)52)32-15-26(45-47-40)30(59-32)20-58-61(57,60-25-8-6-5-7-9-25)46-24-14-29(50(4)19-24)36(55)43-23-13-28(49(3)18-23)35(54)42-22-12-27(48(2)17-22)34(53)41-11-10-31(38)39/h12-14,16-19,25-26,30,32H,5-11,15,20H2,1-4H3,(H3,38,39)(H,41,53)(H,42,54)(H,43,55)(H,46,57)(H,44,52,56)/t26-,30+,32+,61?/m0/s1. The molecule has 0 aromatic carbocycles. The number of nitrogens with two attached hydrogens (primary N) is 1. The quantitative estimate of drug-likeness (QED) is 0.0199. The van der Waals surface area contributed by atoms with Crippen LogP contribution in [-0.2, 0) is 39.5 Å². The largest absolute Gasteiger partial charge is 0.433 e. The SMILES string of the molecule is Cc1cn([C@H]2C[C@H](N=[N+]=[N-])[C@@H](COP(=O)(Nc3cc(C(=O)Nc4cc(C(=O)Nc5cc(C(=O)NCCC(=N)N)n(C)c5)n(C)c4)n(C)c3)OC3CCCCC3)O2)c(=O)[nH]c1=O. The second-order valence-electron chi connectivity index (χ2n) is 15.0. The van der Waals surface area contributed by atoms with E-state index in [2.05, 4.69) is 36.0 Å². The number of aromatic nitrogens is 5. The fourth-order valence-corrected chi connectivity index (χ4v) is 8.73. The number of nitrogens with one attached hydrogen (secondary N) is 6. The van der Waals surface area contributed by atoms with Gasteiger partial charge in [-0.25, -0.2) is 9.36 Å². The van der Waals surface area contributed by atoms with Crippen molar-refractivity contribution in [3.8, 4) is 0 Å². The van der Waals surface area contributed by atoms with Crippen LogP contribution in [-0.4, -0.2) is 78.2 Å². The van der Waals surface area contributed by atoms with Gasteiger partial charge in [0.2, 0.25) is 0 Å². The van der Waals surface area contributed by atoms with Crippen LogP contribution in [0, 0.1) is 12.3 Å². The number of H-pyrrole nitrogens is 1. The van der Waals surface area contributed by atoms with Gasteiger partial charge in [-0.15, -0.1) is 0 Å². The summed E-state index contributed by atoms with van der Waals surface area (Å²) < 4.78 is 38.4. The monoisotopic (exact) mass is 864 g/mol. The molecular formula is C37H49N14O9P. The summed E-state index contributed by atoms with van der Waals surface area (Å²) in [4.78, 5) is 69.1. The van der Waals surface area contributed by atoms with E-state index in [-0.39, 0.29) is 66.3 Å². The lowest BCUT2D eigenvalue weighted by molar-refractivity contribution is -0.0262. The highest BCUT2D eigenvalue weighted by atomic mass is 31.2. The Hall–Kier alpha value is -6.38. The Morgan fingerprint density at radius 1 is 0.951 bits per heavy atom. The minimum absolute atomic E-state index is 0.0509. The van der Waals surface area contributed by atoms with Gasteiger partial charge in [-0.2, -0.15) is 0 Å². The Morgan fingerprint density at radius 2 is 1.52 bits per heavy atom. The molecular weight excluding hydrogens is 815 g/mol. The number of amides is 3. The molecule has 1 saturated heterocycles. The Morgan fingerprint density at radius 3 is 2.11 bits per heavy atom. The first kappa shape index (κ1) is 44.2. The van der Waals surface area contributed by atoms with Gasteiger partial charge in [0.25, 0.3) is 23.3 Å². The van der Waals surface area contributed by atoms with Crippen LogP contribution in [0.25, 0.3) is 10.4 Å². The highest BCUT2D eigenvalue weighted by molar-refractivity contribution is 7.55. The van der Waals surface area contributed by atoms with Gasteiger partial charge in [-0.1, -0.05) is 24.4 Å². The number of aryl methyl sites for hydroxylation is 4. The van der Waals surface area contributed by atoms with Gasteiger partial charge in [0.05, 0.1) is 47.8 Å². The van der Waals surface area contributed by atoms with Gasteiger partial charge in [-0.05, 0) is 43.5 Å². The lowest BCUT2D eigenvalue weighted by atomic mass is 9.98. The van der Waals surface area contributed by atoms with Crippen LogP contribution in [0.5, 0.6) is 0 Å². The van der Waals surface area contributed by atoms with Crippen LogP contribution < -0.4 is 38.0 Å². The first-order valence-corrected chi connectivity index (χ1v) is 21.0. The van der Waals surface area contributed by atoms with Gasteiger partial charge in [-0.3, -0.25) is 48.3 Å². The topological polar surface area (TPSA) is 312 Å². The molecule has 5 heterocycles. The van der Waals surface area contributed by atoms with Gasteiger partial charge in [0, 0.05) is 75.8 Å². The van der Waals surface area contributed by atoms with Gasteiger partial charge >= 0.3 is 13.4 Å². The predicted molar refractivity (Wildman–Crippen MR) is 224 cm³/mol. The Balaban J connectivity index is 1.12. The zero-order valence-electron chi connectivity index (χ0n) is 34.0. The van der Waals surface area contributed by atoms with E-state index in [0.717, 1.165) is 19.3 Å². The second-order valence-corrected chi connectivity index (χ2v) is 16.7. The molecule has 8 N–H and O–H groups in total. The van der Waals surface area contributed by atoms with Crippen LogP contribution in [0.3, 0.4) is 0 Å². The van der Waals surface area contributed by atoms with Crippen molar-refractivity contribution in [2.45, 2.75) is 76.3 Å². The maximum Gasteiger partial charge on any atom is 0.433 e. The number of carbonyl (C=O) groups excluding carboxylic acids is 3. The van der Waals surface area contributed by atoms with Crippen LogP contribution in [0.15, 0.2) is 57.7 Å². The van der Waals surface area contributed by atoms with Crippen molar-refractivity contribution in [1.82, 2.24) is 28.6 Å². The number of nitrogens with zero attached hydrogens (tertiary/aromatic N) is 7. The van der Waals surface area contributed by atoms with Gasteiger partial charge < -0.3 is 40.1 Å². The van der Waals surface area contributed by atoms with Crippen molar-refractivity contribution in [2.24, 2.45) is 32.0 Å². The van der Waals surface area contributed by atoms with E-state index in [4.69, 9.17) is 24.9 Å². The van der Waals surface area contributed by atoms with Gasteiger partial charge in [0.1, 0.15) is 23.3 Å². The van der Waals surface area contributed by atoms with Crippen molar-refractivity contribution < 1.29 is 32.7 Å². The zero-order chi connectivity index (χ0) is 44.0. The summed E-state index contributed by atoms with van der Waals surface area (Å²) in [6, 6.07) is 3.65. The van der Waals surface area contributed by atoms with Crippen molar-refractivity contribution in [2.75, 3.05) is 28.9 Å². The number of hydrogen-bond donors (Lipinski definition) is 7. The van der Waals surface area contributed by atoms with Crippen molar-refractivity contribution >= 4 is 48.4 Å². The molecule has 61 heavy (non-hydrogen) atoms. The number of azide groups is 1. The summed E-state index contributed by atoms with van der Waals surface area (Å²) in [6.45, 7) is 1.37. The first-order chi connectivity index (χ1) is 29.0. The van der Waals surface area contributed by atoms with Gasteiger partial charge in [0.15, 0.2) is 0 Å². The fourth-order valence-electron chi connectivity index (χ4n) is 7.17. The average molecular weight is 865 g/mol. The highest BCUT2D eigenvalue weighted by Gasteiger charge is 2.40. The smallest absolute Gasteiger partial charge is 0.388 e. The molecule has 24 heteroatoms. The summed E-state index contributed by atoms with van der Waals surface area (Å²) in [5.74, 6) is -1.49. The molecule has 1 unspecified atom stereocenters. The Kier molecular flexibility index (Phi) is 13.7. The fraction of sp³-hybridized carbons (Fsp3) is 0.459. The molecule has 0 spiro atoms. The number of anilines is 3. The molecule has 23 nitrogen and oxygen atoms in total. The summed E-state index contributed by atoms with van der Waals surface area (Å²) >= 11 is 0. The van der Waals surface area contributed by atoms with E-state index >= 15 is 0 Å². The van der Waals surface area contributed by atoms with E-state index in [1.165, 1.54) is 51.2 Å². The number of amidine groups is 1. The molecule has 6 rings (SSSR count). The molecule has 0 bridgehead atoms. The molecule has 4 aromatic heterocycles. The molecule has 4 aromatic rings. The molecule has 4 atom stereocenters. The number of aromatic amines is 1. The minimum atomic E-state index is -4.20. The Labute approximate surface area is 348 Å². The molecule has 1 aliphatic carbocycles. The van der Waals surface area contributed by atoms with E-state index < -0.39 is 55.1 Å². The number of rotatable bonds is 17. The summed E-state index contributed by atoms with van der Waals surface area (Å²) in [7, 11) is 0.707. The molecule has 3 amide bonds. The van der Waals surface area contributed by atoms with E-state index in [9.17, 15) is 34.1 Å². The maximum absolute atomic E-state index is 14.5. The molecule has 1 saturated carbocycles. The first-order valence-electron chi connectivity index (χ1n) is 19.5. The molecule has 2 fully saturated rings. The van der Waals surface area contributed by atoms with E-state index in [0.29, 0.717) is 24.2 Å². The number of ether oxygens (including phenoxy) is 1. The van der Waals surface area contributed by atoms with Crippen LogP contribution in [0.2, 0.25) is 0 Å². The second kappa shape index (κ2) is 18.9. The average Bonchev–Trinajstić information content (AvgIpc) is 3.97. The molecule has 0 radical (unpaired) electrons. The normalized spacial score (nSPS) is 18.8. The minimum Gasteiger partial charge on any atom is -0.388 e. The number of hydrogen-bond acceptors (Lipinski definition) is 11. The summed E-state index contributed by atoms with van der Waals surface area (Å²) in [5, 5.41) is 22.2. The lowest BCUT2D eigenvalue weighted by Crippen LogP contribution is -2.33. The van der Waals surface area contributed by atoms with E-state index in [1.807, 2.05) is 0 Å².